The fraction of sp³-hybridized carbons (Fsp3) is 0.895. The maximum atomic E-state index is 12.3. The molecule has 4 unspecified atom stereocenters. The Morgan fingerprint density at radius 1 is 0.759 bits per heavy atom. The van der Waals surface area contributed by atoms with E-state index >= 15 is 0 Å². The number of nitrogens with zero attached hydrogens (tertiary/aromatic N) is 2. The molecule has 0 aromatic rings. The molecular weight excluding hydrogens is 416 g/mol. The van der Waals surface area contributed by atoms with E-state index in [0.29, 0.717) is 32.4 Å². The van der Waals surface area contributed by atoms with Gasteiger partial charge < -0.3 is 0 Å². The lowest BCUT2D eigenvalue weighted by atomic mass is 9.82. The van der Waals surface area contributed by atoms with E-state index in [0.717, 1.165) is 25.7 Å². The van der Waals surface area contributed by atoms with Crippen molar-refractivity contribution in [3.8, 4) is 0 Å². The first-order valence-corrected chi connectivity index (χ1v) is 13.3. The van der Waals surface area contributed by atoms with Crippen molar-refractivity contribution in [1.82, 2.24) is 8.61 Å². The molecule has 3 aliphatic rings. The molecular formula is C19H34N2O6S2. The molecule has 1 saturated heterocycles. The number of hydrogen-bond acceptors (Lipinski definition) is 6. The third-order valence-electron chi connectivity index (χ3n) is 6.41. The minimum Gasteiger partial charge on any atom is -0.300 e. The maximum Gasteiger partial charge on any atom is 0.217 e. The third kappa shape index (κ3) is 5.26. The Kier molecular flexibility index (Phi) is 8.03. The molecule has 1 aliphatic heterocycles. The van der Waals surface area contributed by atoms with Gasteiger partial charge in [-0.05, 0) is 52.4 Å². The van der Waals surface area contributed by atoms with Gasteiger partial charge in [-0.3, -0.25) is 9.59 Å². The second-order valence-corrected chi connectivity index (χ2v) is 13.0. The molecule has 0 aromatic heterocycles. The molecule has 0 amide bonds. The summed E-state index contributed by atoms with van der Waals surface area (Å²) in [6.07, 6.45) is 5.50. The molecule has 1 heterocycles. The molecule has 3 rings (SSSR count). The van der Waals surface area contributed by atoms with Crippen molar-refractivity contribution in [3.05, 3.63) is 0 Å². The number of ketones is 2. The van der Waals surface area contributed by atoms with Crippen LogP contribution in [0.15, 0.2) is 0 Å². The fourth-order valence-electron chi connectivity index (χ4n) is 4.44. The summed E-state index contributed by atoms with van der Waals surface area (Å²) in [5.41, 5.74) is 0. The first kappa shape index (κ1) is 24.4. The first-order chi connectivity index (χ1) is 13.4. The van der Waals surface area contributed by atoms with E-state index < -0.39 is 30.5 Å². The Labute approximate surface area is 175 Å². The van der Waals surface area contributed by atoms with Gasteiger partial charge >= 0.3 is 0 Å². The van der Waals surface area contributed by atoms with Crippen LogP contribution in [0.5, 0.6) is 0 Å². The van der Waals surface area contributed by atoms with Crippen molar-refractivity contribution < 1.29 is 26.4 Å². The molecule has 8 nitrogen and oxygen atoms in total. The molecule has 0 radical (unpaired) electrons. The zero-order valence-corrected chi connectivity index (χ0v) is 19.5. The van der Waals surface area contributed by atoms with E-state index in [2.05, 4.69) is 0 Å². The Balaban J connectivity index is 0.000000212. The second kappa shape index (κ2) is 9.53. The van der Waals surface area contributed by atoms with E-state index in [1.165, 1.54) is 32.2 Å². The summed E-state index contributed by atoms with van der Waals surface area (Å²) in [7, 11) is -3.43. The fourth-order valence-corrected chi connectivity index (χ4v) is 8.52. The van der Waals surface area contributed by atoms with E-state index in [9.17, 15) is 26.4 Å². The summed E-state index contributed by atoms with van der Waals surface area (Å²) in [6, 6.07) is 0. The van der Waals surface area contributed by atoms with Crippen LogP contribution in [-0.2, 0) is 29.6 Å². The third-order valence-corrected chi connectivity index (χ3v) is 11.2. The highest BCUT2D eigenvalue weighted by atomic mass is 32.2. The van der Waals surface area contributed by atoms with Gasteiger partial charge in [0.1, 0.15) is 11.6 Å². The van der Waals surface area contributed by atoms with Crippen LogP contribution < -0.4 is 0 Å². The van der Waals surface area contributed by atoms with Crippen LogP contribution in [0.2, 0.25) is 0 Å². The van der Waals surface area contributed by atoms with Crippen molar-refractivity contribution in [2.24, 2.45) is 11.8 Å². The average molecular weight is 451 g/mol. The summed E-state index contributed by atoms with van der Waals surface area (Å²) in [4.78, 5) is 22.5. The van der Waals surface area contributed by atoms with Crippen molar-refractivity contribution in [1.29, 1.82) is 0 Å². The van der Waals surface area contributed by atoms with Crippen molar-refractivity contribution in [2.45, 2.75) is 69.3 Å². The SMILES string of the molecule is CC(=O)C1CCC1S(=O)(=O)N(C)C.CC(=O)C1CCCC1S(=O)(=O)N1CCCC1. The van der Waals surface area contributed by atoms with Gasteiger partial charge in [-0.15, -0.1) is 0 Å². The minimum absolute atomic E-state index is 0.0123. The lowest BCUT2D eigenvalue weighted by molar-refractivity contribution is -0.123. The summed E-state index contributed by atoms with van der Waals surface area (Å²) in [5, 5.41) is -0.914. The van der Waals surface area contributed by atoms with Crippen LogP contribution >= 0.6 is 0 Å². The van der Waals surface area contributed by atoms with E-state index in [1.807, 2.05) is 0 Å². The summed E-state index contributed by atoms with van der Waals surface area (Å²) in [6.45, 7) is 4.26. The molecule has 0 aromatic carbocycles. The Hall–Kier alpha value is -0.840. The topological polar surface area (TPSA) is 109 Å². The molecule has 168 valence electrons. The number of hydrogen-bond donors (Lipinski definition) is 0. The Morgan fingerprint density at radius 2 is 1.28 bits per heavy atom. The summed E-state index contributed by atoms with van der Waals surface area (Å²) < 4.78 is 50.6. The standard InChI is InChI=1S/C11H19NO3S.C8H15NO3S/c1-9(13)10-5-4-6-11(10)16(14,15)12-7-2-3-8-12;1-6(10)7-4-5-8(7)13(11,12)9(2)3/h10-11H,2-8H2,1H3;7-8H,4-5H2,1-3H3. The van der Waals surface area contributed by atoms with Gasteiger partial charge in [-0.25, -0.2) is 25.4 Å². The Morgan fingerprint density at radius 3 is 1.69 bits per heavy atom. The maximum absolute atomic E-state index is 12.3. The van der Waals surface area contributed by atoms with Crippen LogP contribution in [0.1, 0.15) is 58.8 Å². The van der Waals surface area contributed by atoms with E-state index in [4.69, 9.17) is 0 Å². The van der Waals surface area contributed by atoms with Gasteiger partial charge in [0, 0.05) is 39.0 Å². The molecule has 0 N–H and O–H groups in total. The number of carbonyl (C=O) groups excluding carboxylic acids is 2. The highest BCUT2D eigenvalue weighted by Gasteiger charge is 2.44. The van der Waals surface area contributed by atoms with Crippen LogP contribution in [-0.4, -0.2) is 74.7 Å². The van der Waals surface area contributed by atoms with Crippen LogP contribution in [0, 0.1) is 11.8 Å². The average Bonchev–Trinajstić information content (AvgIpc) is 3.25. The van der Waals surface area contributed by atoms with Crippen molar-refractivity contribution >= 4 is 31.6 Å². The minimum atomic E-state index is -3.22. The second-order valence-electron chi connectivity index (χ2n) is 8.50. The number of carbonyl (C=O) groups is 2. The van der Waals surface area contributed by atoms with Gasteiger partial charge in [-0.2, -0.15) is 0 Å². The van der Waals surface area contributed by atoms with Crippen LogP contribution in [0.3, 0.4) is 0 Å². The molecule has 3 fully saturated rings. The summed E-state index contributed by atoms with van der Waals surface area (Å²) in [5.74, 6) is -0.509. The Bertz CT molecular complexity index is 816. The zero-order valence-electron chi connectivity index (χ0n) is 17.8. The van der Waals surface area contributed by atoms with Crippen molar-refractivity contribution in [3.63, 3.8) is 0 Å². The predicted molar refractivity (Wildman–Crippen MR) is 111 cm³/mol. The smallest absolute Gasteiger partial charge is 0.217 e. The van der Waals surface area contributed by atoms with Gasteiger partial charge in [0.15, 0.2) is 0 Å². The lowest BCUT2D eigenvalue weighted by Gasteiger charge is -2.35. The van der Waals surface area contributed by atoms with Crippen LogP contribution in [0.25, 0.3) is 0 Å². The van der Waals surface area contributed by atoms with E-state index in [-0.39, 0.29) is 23.4 Å². The largest absolute Gasteiger partial charge is 0.300 e. The zero-order chi connectivity index (χ0) is 22.0. The first-order valence-electron chi connectivity index (χ1n) is 10.3. The molecule has 2 saturated carbocycles. The lowest BCUT2D eigenvalue weighted by Crippen LogP contribution is -2.47. The molecule has 0 bridgehead atoms. The van der Waals surface area contributed by atoms with Crippen LogP contribution in [0.4, 0.5) is 0 Å². The number of sulfonamides is 2. The van der Waals surface area contributed by atoms with E-state index in [1.54, 1.807) is 4.31 Å². The molecule has 10 heteroatoms. The molecule has 0 spiro atoms. The van der Waals surface area contributed by atoms with Gasteiger partial charge in [0.25, 0.3) is 0 Å². The quantitative estimate of drug-likeness (QED) is 0.605. The monoisotopic (exact) mass is 450 g/mol. The number of rotatable bonds is 6. The van der Waals surface area contributed by atoms with Crippen molar-refractivity contribution in [2.75, 3.05) is 27.2 Å². The molecule has 29 heavy (non-hydrogen) atoms. The highest BCUT2D eigenvalue weighted by molar-refractivity contribution is 7.90. The van der Waals surface area contributed by atoms with Gasteiger partial charge in [0.2, 0.25) is 20.0 Å². The van der Waals surface area contributed by atoms with Gasteiger partial charge in [0.05, 0.1) is 10.5 Å². The normalized spacial score (nSPS) is 30.5. The predicted octanol–water partition coefficient (Wildman–Crippen LogP) is 1.42. The number of Topliss-reactive ketones (excluding diaryl/α,β-unsaturated/α-hetero) is 2. The molecule has 2 aliphatic carbocycles. The molecule has 4 atom stereocenters. The van der Waals surface area contributed by atoms with Gasteiger partial charge in [-0.1, -0.05) is 6.42 Å². The summed E-state index contributed by atoms with van der Waals surface area (Å²) >= 11 is 0. The highest BCUT2D eigenvalue weighted by Crippen LogP contribution is 2.35.